The summed E-state index contributed by atoms with van der Waals surface area (Å²) in [5.74, 6) is 1.60. The van der Waals surface area contributed by atoms with Crippen molar-refractivity contribution in [1.29, 1.82) is 0 Å². The first kappa shape index (κ1) is 18.6. The van der Waals surface area contributed by atoms with Crippen molar-refractivity contribution >= 4 is 38.9 Å². The van der Waals surface area contributed by atoms with Crippen molar-refractivity contribution in [3.8, 4) is 11.5 Å². The second-order valence-corrected chi connectivity index (χ2v) is 8.50. The third-order valence-electron chi connectivity index (χ3n) is 5.55. The van der Waals surface area contributed by atoms with Crippen LogP contribution in [0.2, 0.25) is 5.02 Å². The molecule has 2 aromatic carbocycles. The van der Waals surface area contributed by atoms with Gasteiger partial charge in [-0.25, -0.2) is 0 Å². The number of rotatable bonds is 4. The van der Waals surface area contributed by atoms with E-state index in [4.69, 9.17) is 16.3 Å². The highest BCUT2D eigenvalue weighted by Gasteiger charge is 2.41. The Morgan fingerprint density at radius 1 is 1.19 bits per heavy atom. The van der Waals surface area contributed by atoms with E-state index in [1.807, 2.05) is 31.2 Å². The van der Waals surface area contributed by atoms with Gasteiger partial charge in [0, 0.05) is 16.3 Å². The van der Waals surface area contributed by atoms with Gasteiger partial charge in [0.05, 0.1) is 10.6 Å². The number of carbonyl (C=O) groups excluding carboxylic acids is 1. The molecule has 0 aliphatic heterocycles. The lowest BCUT2D eigenvalue weighted by Gasteiger charge is -2.23. The fraction of sp³-hybridized carbons (Fsp3) is 0.318. The Hall–Kier alpha value is -1.78. The van der Waals surface area contributed by atoms with E-state index in [0.29, 0.717) is 22.1 Å². The molecule has 2 atom stereocenters. The van der Waals surface area contributed by atoms with E-state index < -0.39 is 0 Å². The third-order valence-corrected chi connectivity index (χ3v) is 6.33. The predicted molar refractivity (Wildman–Crippen MR) is 110 cm³/mol. The van der Waals surface area contributed by atoms with Gasteiger partial charge in [-0.2, -0.15) is 0 Å². The molecule has 0 saturated heterocycles. The van der Waals surface area contributed by atoms with Crippen molar-refractivity contribution in [2.45, 2.75) is 32.6 Å². The number of carbonyl (C=O) groups is 1. The molecule has 2 bridgehead atoms. The van der Waals surface area contributed by atoms with Crippen molar-refractivity contribution < 1.29 is 14.6 Å². The van der Waals surface area contributed by atoms with E-state index in [2.05, 4.69) is 15.9 Å². The SMILES string of the molecule is CCc1ccc(Oc2ccc(Br)cc2Cl)cc1C1=C(O)[C@H]2CC[C@H](C2)C1=O. The van der Waals surface area contributed by atoms with E-state index >= 15 is 0 Å². The van der Waals surface area contributed by atoms with Crippen molar-refractivity contribution in [2.24, 2.45) is 11.8 Å². The highest BCUT2D eigenvalue weighted by Crippen LogP contribution is 2.46. The maximum atomic E-state index is 12.9. The molecule has 2 aromatic rings. The number of ketones is 1. The van der Waals surface area contributed by atoms with Crippen LogP contribution in [0.4, 0.5) is 0 Å². The van der Waals surface area contributed by atoms with Gasteiger partial charge in [0.15, 0.2) is 5.78 Å². The maximum Gasteiger partial charge on any atom is 0.169 e. The molecular weight excluding hydrogens is 428 g/mol. The number of Topliss-reactive ketones (excluding diaryl/α,β-unsaturated/α-hetero) is 1. The quantitative estimate of drug-likeness (QED) is 0.565. The first-order chi connectivity index (χ1) is 13.0. The number of benzene rings is 2. The summed E-state index contributed by atoms with van der Waals surface area (Å²) in [5, 5.41) is 11.2. The first-order valence-corrected chi connectivity index (χ1v) is 10.4. The highest BCUT2D eigenvalue weighted by molar-refractivity contribution is 9.10. The summed E-state index contributed by atoms with van der Waals surface area (Å²) in [6.07, 6.45) is 3.30. The van der Waals surface area contributed by atoms with Crippen LogP contribution in [0.1, 0.15) is 37.3 Å². The van der Waals surface area contributed by atoms with E-state index in [1.54, 1.807) is 12.1 Å². The third kappa shape index (κ3) is 3.41. The van der Waals surface area contributed by atoms with Crippen LogP contribution in [0.5, 0.6) is 11.5 Å². The Morgan fingerprint density at radius 2 is 1.96 bits per heavy atom. The molecule has 1 N–H and O–H groups in total. The molecule has 3 nitrogen and oxygen atoms in total. The van der Waals surface area contributed by atoms with Crippen molar-refractivity contribution in [3.63, 3.8) is 0 Å². The van der Waals surface area contributed by atoms with Gasteiger partial charge in [-0.1, -0.05) is 40.5 Å². The lowest BCUT2D eigenvalue weighted by Crippen LogP contribution is -2.21. The molecule has 0 radical (unpaired) electrons. The van der Waals surface area contributed by atoms with Gasteiger partial charge in [-0.15, -0.1) is 0 Å². The van der Waals surface area contributed by atoms with Gasteiger partial charge < -0.3 is 9.84 Å². The number of allylic oxidation sites excluding steroid dienone is 2. The zero-order valence-corrected chi connectivity index (χ0v) is 17.3. The number of hydrogen-bond acceptors (Lipinski definition) is 3. The molecule has 0 spiro atoms. The molecule has 0 amide bonds. The fourth-order valence-electron chi connectivity index (χ4n) is 4.12. The summed E-state index contributed by atoms with van der Waals surface area (Å²) < 4.78 is 6.84. The van der Waals surface area contributed by atoms with E-state index in [1.165, 1.54) is 0 Å². The summed E-state index contributed by atoms with van der Waals surface area (Å²) in [4.78, 5) is 12.9. The van der Waals surface area contributed by atoms with Crippen LogP contribution in [0, 0.1) is 11.8 Å². The Balaban J connectivity index is 1.76. The van der Waals surface area contributed by atoms with E-state index in [9.17, 15) is 9.90 Å². The molecule has 2 aliphatic carbocycles. The highest BCUT2D eigenvalue weighted by atomic mass is 79.9. The van der Waals surface area contributed by atoms with Crippen LogP contribution in [0.25, 0.3) is 5.57 Å². The smallest absolute Gasteiger partial charge is 0.169 e. The van der Waals surface area contributed by atoms with Gasteiger partial charge in [0.1, 0.15) is 17.3 Å². The minimum absolute atomic E-state index is 0.0381. The number of hydrogen-bond donors (Lipinski definition) is 1. The second-order valence-electron chi connectivity index (χ2n) is 7.18. The van der Waals surface area contributed by atoms with Crippen LogP contribution in [0.15, 0.2) is 46.6 Å². The van der Waals surface area contributed by atoms with E-state index in [-0.39, 0.29) is 23.4 Å². The summed E-state index contributed by atoms with van der Waals surface area (Å²) in [5.41, 5.74) is 2.29. The number of fused-ring (bicyclic) bond motifs is 2. The number of halogens is 2. The fourth-order valence-corrected chi connectivity index (χ4v) is 4.83. The van der Waals surface area contributed by atoms with Crippen LogP contribution in [0.3, 0.4) is 0 Å². The van der Waals surface area contributed by atoms with Crippen molar-refractivity contribution in [1.82, 2.24) is 0 Å². The van der Waals surface area contributed by atoms with Crippen LogP contribution >= 0.6 is 27.5 Å². The molecule has 2 aliphatic rings. The summed E-state index contributed by atoms with van der Waals surface area (Å²) in [7, 11) is 0. The minimum atomic E-state index is 0.0381. The number of aryl methyl sites for hydroxylation is 1. The first-order valence-electron chi connectivity index (χ1n) is 9.21. The number of aliphatic hydroxyl groups excluding tert-OH is 1. The standard InChI is InChI=1S/C22H20BrClO3/c1-2-12-5-7-16(27-19-8-6-15(23)10-18(19)24)11-17(12)20-21(25)13-3-4-14(9-13)22(20)26/h5-8,10-11,13-14,25H,2-4,9H2,1H3/t13-,14+/m0/s1. The molecule has 1 saturated carbocycles. The average molecular weight is 448 g/mol. The molecule has 0 aromatic heterocycles. The van der Waals surface area contributed by atoms with Crippen LogP contribution in [-0.4, -0.2) is 10.9 Å². The Labute approximate surface area is 172 Å². The normalized spacial score (nSPS) is 21.7. The van der Waals surface area contributed by atoms with E-state index in [0.717, 1.165) is 41.3 Å². The zero-order chi connectivity index (χ0) is 19.1. The van der Waals surface area contributed by atoms with Crippen molar-refractivity contribution in [3.05, 3.63) is 62.8 Å². The maximum absolute atomic E-state index is 12.9. The predicted octanol–water partition coefficient (Wildman–Crippen LogP) is 6.73. The molecule has 4 rings (SSSR count). The van der Waals surface area contributed by atoms with Gasteiger partial charge in [-0.05, 0) is 67.1 Å². The second kappa shape index (κ2) is 7.33. The van der Waals surface area contributed by atoms with Gasteiger partial charge in [0.2, 0.25) is 0 Å². The monoisotopic (exact) mass is 446 g/mol. The van der Waals surface area contributed by atoms with Gasteiger partial charge in [0.25, 0.3) is 0 Å². The number of aliphatic hydroxyl groups is 1. The largest absolute Gasteiger partial charge is 0.511 e. The average Bonchev–Trinajstić information content (AvgIpc) is 3.10. The Kier molecular flexibility index (Phi) is 5.04. The summed E-state index contributed by atoms with van der Waals surface area (Å²) in [6.45, 7) is 2.05. The topological polar surface area (TPSA) is 46.5 Å². The molecule has 140 valence electrons. The van der Waals surface area contributed by atoms with Crippen LogP contribution < -0.4 is 4.74 Å². The van der Waals surface area contributed by atoms with Gasteiger partial charge >= 0.3 is 0 Å². The summed E-state index contributed by atoms with van der Waals surface area (Å²) >= 11 is 9.64. The minimum Gasteiger partial charge on any atom is -0.511 e. The lowest BCUT2D eigenvalue weighted by atomic mass is 9.81. The zero-order valence-electron chi connectivity index (χ0n) is 15.0. The molecule has 5 heteroatoms. The number of ether oxygens (including phenoxy) is 1. The molecule has 0 unspecified atom stereocenters. The summed E-state index contributed by atoms with van der Waals surface area (Å²) in [6, 6.07) is 11.1. The lowest BCUT2D eigenvalue weighted by molar-refractivity contribution is -0.117. The molecule has 1 fully saturated rings. The molecule has 27 heavy (non-hydrogen) atoms. The molecular formula is C22H20BrClO3. The Morgan fingerprint density at radius 3 is 2.70 bits per heavy atom. The molecule has 0 heterocycles. The Bertz CT molecular complexity index is 951. The van der Waals surface area contributed by atoms with Crippen LogP contribution in [-0.2, 0) is 11.2 Å². The van der Waals surface area contributed by atoms with Gasteiger partial charge in [-0.3, -0.25) is 4.79 Å². The van der Waals surface area contributed by atoms with Crippen molar-refractivity contribution in [2.75, 3.05) is 0 Å².